The van der Waals surface area contributed by atoms with Gasteiger partial charge in [0.15, 0.2) is 17.4 Å². The van der Waals surface area contributed by atoms with Gasteiger partial charge in [0.05, 0.1) is 12.4 Å². The molecular weight excluding hydrogens is 226 g/mol. The summed E-state index contributed by atoms with van der Waals surface area (Å²) in [6.45, 7) is 1.57. The molecule has 2 heterocycles. The predicted molar refractivity (Wildman–Crippen MR) is 60.3 cm³/mol. The van der Waals surface area contributed by atoms with E-state index in [0.29, 0.717) is 0 Å². The number of H-pyrrole nitrogens is 1. The molecule has 0 fully saturated rings. The van der Waals surface area contributed by atoms with Crippen LogP contribution in [-0.2, 0) is 4.74 Å². The molecule has 0 radical (unpaired) electrons. The van der Waals surface area contributed by atoms with Gasteiger partial charge in [-0.15, -0.1) is 0 Å². The largest absolute Gasteiger partial charge is 0.389 e. The molecule has 17 heavy (non-hydrogen) atoms. The van der Waals surface area contributed by atoms with Crippen molar-refractivity contribution in [1.29, 1.82) is 0 Å². The van der Waals surface area contributed by atoms with Crippen molar-refractivity contribution >= 4 is 17.1 Å². The van der Waals surface area contributed by atoms with E-state index in [0.717, 1.165) is 0 Å². The zero-order valence-electron chi connectivity index (χ0n) is 9.41. The molecule has 8 heteroatoms. The summed E-state index contributed by atoms with van der Waals surface area (Å²) in [5.74, 6) is -0.00954. The number of aromatic nitrogens is 4. The third kappa shape index (κ3) is 1.87. The molecule has 0 saturated heterocycles. The minimum Gasteiger partial charge on any atom is -0.389 e. The van der Waals surface area contributed by atoms with Gasteiger partial charge < -0.3 is 15.6 Å². The highest BCUT2D eigenvalue weighted by Gasteiger charge is 2.20. The van der Waals surface area contributed by atoms with E-state index in [1.807, 2.05) is 0 Å². The van der Waals surface area contributed by atoms with Crippen LogP contribution in [0, 0.1) is 0 Å². The summed E-state index contributed by atoms with van der Waals surface area (Å²) in [5, 5.41) is 9.56. The fourth-order valence-corrected chi connectivity index (χ4v) is 1.67. The van der Waals surface area contributed by atoms with Crippen molar-refractivity contribution in [2.45, 2.75) is 19.3 Å². The van der Waals surface area contributed by atoms with Gasteiger partial charge in [0.25, 0.3) is 5.56 Å². The fraction of sp³-hybridized carbons (Fsp3) is 0.444. The zero-order chi connectivity index (χ0) is 12.6. The molecule has 2 atom stereocenters. The maximum atomic E-state index is 11.5. The van der Waals surface area contributed by atoms with Crippen molar-refractivity contribution in [3.8, 4) is 0 Å². The molecule has 2 rings (SSSR count). The Balaban J connectivity index is 2.67. The summed E-state index contributed by atoms with van der Waals surface area (Å²) in [4.78, 5) is 21.8. The van der Waals surface area contributed by atoms with Crippen LogP contribution in [0.4, 0.5) is 5.95 Å². The summed E-state index contributed by atoms with van der Waals surface area (Å²) in [5.41, 5.74) is 5.47. The minimum atomic E-state index is -0.778. The number of nitrogens with two attached hydrogens (primary N) is 1. The quantitative estimate of drug-likeness (QED) is 0.647. The van der Waals surface area contributed by atoms with Crippen LogP contribution < -0.4 is 11.3 Å². The molecular formula is C9H13N5O3. The second-order valence-corrected chi connectivity index (χ2v) is 3.64. The first-order chi connectivity index (χ1) is 8.04. The van der Waals surface area contributed by atoms with Gasteiger partial charge in [0, 0.05) is 7.11 Å². The average molecular weight is 239 g/mol. The number of ether oxygens (including phenoxy) is 1. The van der Waals surface area contributed by atoms with Crippen LogP contribution in [-0.4, -0.2) is 37.8 Å². The van der Waals surface area contributed by atoms with Gasteiger partial charge in [-0.3, -0.25) is 14.3 Å². The number of nitrogen functional groups attached to an aromatic ring is 1. The smallest absolute Gasteiger partial charge is 0.280 e. The number of nitrogens with zero attached hydrogens (tertiary/aromatic N) is 3. The maximum absolute atomic E-state index is 11.5. The first-order valence-electron chi connectivity index (χ1n) is 4.97. The molecule has 1 unspecified atom stereocenters. The Bertz CT molecular complexity index is 588. The molecule has 0 bridgehead atoms. The van der Waals surface area contributed by atoms with E-state index in [4.69, 9.17) is 10.5 Å². The number of fused-ring (bicyclic) bond motifs is 1. The fourth-order valence-electron chi connectivity index (χ4n) is 1.67. The Morgan fingerprint density at radius 2 is 2.35 bits per heavy atom. The van der Waals surface area contributed by atoms with Crippen molar-refractivity contribution in [2.75, 3.05) is 12.8 Å². The highest BCUT2D eigenvalue weighted by atomic mass is 16.5. The summed E-state index contributed by atoms with van der Waals surface area (Å²) < 4.78 is 6.59. The number of imidazole rings is 1. The summed E-state index contributed by atoms with van der Waals surface area (Å²) in [6.07, 6.45) is -0.0684. The molecule has 4 N–H and O–H groups in total. The molecule has 2 aromatic rings. The van der Waals surface area contributed by atoms with E-state index < -0.39 is 17.9 Å². The van der Waals surface area contributed by atoms with E-state index in [1.165, 1.54) is 18.0 Å². The molecule has 0 saturated carbocycles. The van der Waals surface area contributed by atoms with Gasteiger partial charge in [-0.1, -0.05) is 0 Å². The number of anilines is 1. The van der Waals surface area contributed by atoms with Gasteiger partial charge in [0.2, 0.25) is 5.95 Å². The Kier molecular flexibility index (Phi) is 2.82. The van der Waals surface area contributed by atoms with Crippen LogP contribution in [0.2, 0.25) is 0 Å². The summed E-state index contributed by atoms with van der Waals surface area (Å²) >= 11 is 0. The monoisotopic (exact) mass is 239 g/mol. The van der Waals surface area contributed by atoms with Gasteiger partial charge in [-0.05, 0) is 6.92 Å². The van der Waals surface area contributed by atoms with Crippen molar-refractivity contribution in [3.05, 3.63) is 16.7 Å². The van der Waals surface area contributed by atoms with Gasteiger partial charge >= 0.3 is 0 Å². The molecule has 0 spiro atoms. The first-order valence-corrected chi connectivity index (χ1v) is 4.97. The lowest BCUT2D eigenvalue weighted by molar-refractivity contribution is -0.0472. The molecule has 0 amide bonds. The van der Waals surface area contributed by atoms with Crippen LogP contribution in [0.3, 0.4) is 0 Å². The number of aliphatic hydroxyl groups excluding tert-OH is 1. The molecule has 0 aliphatic rings. The van der Waals surface area contributed by atoms with Crippen LogP contribution in [0.5, 0.6) is 0 Å². The Labute approximate surface area is 96.1 Å². The van der Waals surface area contributed by atoms with Gasteiger partial charge in [-0.25, -0.2) is 4.98 Å². The van der Waals surface area contributed by atoms with Crippen LogP contribution in [0.15, 0.2) is 11.1 Å². The number of nitrogens with one attached hydrogen (secondary N) is 1. The van der Waals surface area contributed by atoms with E-state index in [1.54, 1.807) is 6.92 Å². The molecule has 0 aromatic carbocycles. The number of aromatic amines is 1. The minimum absolute atomic E-state index is 0.00954. The second-order valence-electron chi connectivity index (χ2n) is 3.64. The number of aliphatic hydroxyl groups is 1. The lowest BCUT2D eigenvalue weighted by atomic mass is 10.3. The maximum Gasteiger partial charge on any atom is 0.280 e. The normalized spacial score (nSPS) is 15.0. The predicted octanol–water partition coefficient (Wildman–Crippen LogP) is -0.772. The molecule has 8 nitrogen and oxygen atoms in total. The average Bonchev–Trinajstić information content (AvgIpc) is 2.63. The van der Waals surface area contributed by atoms with Gasteiger partial charge in [-0.2, -0.15) is 4.98 Å². The van der Waals surface area contributed by atoms with E-state index >= 15 is 0 Å². The number of rotatable bonds is 3. The summed E-state index contributed by atoms with van der Waals surface area (Å²) in [6, 6.07) is 0. The lowest BCUT2D eigenvalue weighted by Crippen LogP contribution is -2.23. The second kappa shape index (κ2) is 4.15. The Hall–Kier alpha value is -1.93. The van der Waals surface area contributed by atoms with E-state index in [2.05, 4.69) is 15.0 Å². The van der Waals surface area contributed by atoms with Crippen molar-refractivity contribution in [3.63, 3.8) is 0 Å². The highest BCUT2D eigenvalue weighted by Crippen LogP contribution is 2.17. The van der Waals surface area contributed by atoms with Crippen molar-refractivity contribution < 1.29 is 9.84 Å². The summed E-state index contributed by atoms with van der Waals surface area (Å²) in [7, 11) is 1.44. The molecule has 0 aliphatic carbocycles. The molecule has 92 valence electrons. The van der Waals surface area contributed by atoms with Crippen LogP contribution >= 0.6 is 0 Å². The van der Waals surface area contributed by atoms with E-state index in [-0.39, 0.29) is 17.1 Å². The zero-order valence-corrected chi connectivity index (χ0v) is 9.41. The van der Waals surface area contributed by atoms with Crippen molar-refractivity contribution in [1.82, 2.24) is 19.5 Å². The van der Waals surface area contributed by atoms with Crippen molar-refractivity contribution in [2.24, 2.45) is 0 Å². The molecule has 0 aliphatic heterocycles. The molecule has 2 aromatic heterocycles. The van der Waals surface area contributed by atoms with Gasteiger partial charge in [0.1, 0.15) is 0 Å². The van der Waals surface area contributed by atoms with Crippen LogP contribution in [0.25, 0.3) is 11.2 Å². The number of hydrogen-bond acceptors (Lipinski definition) is 6. The standard InChI is InChI=1S/C9H13N5O3/c1-4(15)8(17-2)14-3-11-5-6(14)12-9(10)13-7(5)16/h3-4,8,15H,1-2H3,(H3,10,12,13,16)/t4?,8-/m1/s1. The third-order valence-electron chi connectivity index (χ3n) is 2.38. The highest BCUT2D eigenvalue weighted by molar-refractivity contribution is 5.70. The Morgan fingerprint density at radius 1 is 1.65 bits per heavy atom. The number of hydrogen-bond donors (Lipinski definition) is 3. The third-order valence-corrected chi connectivity index (χ3v) is 2.38. The Morgan fingerprint density at radius 3 is 2.94 bits per heavy atom. The topological polar surface area (TPSA) is 119 Å². The number of methoxy groups -OCH3 is 1. The SMILES string of the molecule is CO[C@H](C(C)O)n1cnc2c(=O)[nH]c(N)nc21. The lowest BCUT2D eigenvalue weighted by Gasteiger charge is -2.19. The van der Waals surface area contributed by atoms with Crippen LogP contribution in [0.1, 0.15) is 13.2 Å². The first kappa shape index (κ1) is 11.6. The van der Waals surface area contributed by atoms with E-state index in [9.17, 15) is 9.90 Å².